The Hall–Kier alpha value is -0.0800. The Kier molecular flexibility index (Phi) is 2.85. The molecule has 2 nitrogen and oxygen atoms in total. The van der Waals surface area contributed by atoms with E-state index in [4.69, 9.17) is 0 Å². The van der Waals surface area contributed by atoms with E-state index in [0.29, 0.717) is 5.41 Å². The van der Waals surface area contributed by atoms with Gasteiger partial charge < -0.3 is 4.90 Å². The van der Waals surface area contributed by atoms with Crippen molar-refractivity contribution >= 4 is 0 Å². The largest absolute Gasteiger partial charge is 0.304 e. The quantitative estimate of drug-likeness (QED) is 0.631. The molecule has 0 aromatic rings. The molecule has 1 unspecified atom stereocenters. The van der Waals surface area contributed by atoms with E-state index in [2.05, 4.69) is 30.7 Å². The van der Waals surface area contributed by atoms with Gasteiger partial charge in [-0.2, -0.15) is 0 Å². The Morgan fingerprint density at radius 3 is 2.21 bits per heavy atom. The zero-order chi connectivity index (χ0) is 10.2. The third-order valence-corrected chi connectivity index (χ3v) is 4.00. The summed E-state index contributed by atoms with van der Waals surface area (Å²) in [5.74, 6) is 0. The maximum absolute atomic E-state index is 2.72. The van der Waals surface area contributed by atoms with Crippen LogP contribution in [0.3, 0.4) is 0 Å². The van der Waals surface area contributed by atoms with Crippen molar-refractivity contribution in [3.63, 3.8) is 0 Å². The molecule has 1 saturated heterocycles. The standard InChI is InChI=1S/C12H24N2/c1-12(2)5-4-11(10-12)14-8-6-13(3)7-9-14/h11H,4-10H2,1-3H3. The van der Waals surface area contributed by atoms with Crippen LogP contribution in [0, 0.1) is 5.41 Å². The van der Waals surface area contributed by atoms with Crippen LogP contribution in [0.25, 0.3) is 0 Å². The van der Waals surface area contributed by atoms with Crippen LogP contribution in [0.2, 0.25) is 0 Å². The number of hydrogen-bond acceptors (Lipinski definition) is 2. The van der Waals surface area contributed by atoms with Gasteiger partial charge in [-0.25, -0.2) is 0 Å². The SMILES string of the molecule is CN1CCN(C2CCC(C)(C)C2)CC1. The van der Waals surface area contributed by atoms with E-state index < -0.39 is 0 Å². The van der Waals surface area contributed by atoms with Gasteiger partial charge in [-0.05, 0) is 31.7 Å². The molecule has 2 fully saturated rings. The lowest BCUT2D eigenvalue weighted by Crippen LogP contribution is -2.48. The minimum absolute atomic E-state index is 0.605. The molecule has 2 rings (SSSR count). The molecule has 0 aromatic heterocycles. The minimum Gasteiger partial charge on any atom is -0.304 e. The molecular formula is C12H24N2. The average Bonchev–Trinajstić information content (AvgIpc) is 2.47. The summed E-state index contributed by atoms with van der Waals surface area (Å²) < 4.78 is 0. The molecule has 1 heterocycles. The molecule has 0 spiro atoms. The van der Waals surface area contributed by atoms with Gasteiger partial charge in [-0.1, -0.05) is 13.8 Å². The van der Waals surface area contributed by atoms with Crippen LogP contribution < -0.4 is 0 Å². The summed E-state index contributed by atoms with van der Waals surface area (Å²) in [6.07, 6.45) is 4.26. The summed E-state index contributed by atoms with van der Waals surface area (Å²) in [6, 6.07) is 0.888. The number of nitrogens with zero attached hydrogens (tertiary/aromatic N) is 2. The molecule has 1 atom stereocenters. The maximum Gasteiger partial charge on any atom is 0.0113 e. The van der Waals surface area contributed by atoms with Crippen molar-refractivity contribution in [3.05, 3.63) is 0 Å². The molecule has 0 aromatic carbocycles. The van der Waals surface area contributed by atoms with Gasteiger partial charge in [0.25, 0.3) is 0 Å². The van der Waals surface area contributed by atoms with Crippen LogP contribution in [-0.2, 0) is 0 Å². The van der Waals surface area contributed by atoms with Crippen molar-refractivity contribution in [2.45, 2.75) is 39.2 Å². The lowest BCUT2D eigenvalue weighted by molar-refractivity contribution is 0.108. The molecule has 0 N–H and O–H groups in total. The topological polar surface area (TPSA) is 6.48 Å². The van der Waals surface area contributed by atoms with E-state index in [1.165, 1.54) is 45.4 Å². The zero-order valence-corrected chi connectivity index (χ0v) is 9.92. The Bertz CT molecular complexity index is 192. The summed E-state index contributed by atoms with van der Waals surface area (Å²) in [5.41, 5.74) is 0.605. The second-order valence-electron chi connectivity index (χ2n) is 5.90. The van der Waals surface area contributed by atoms with Gasteiger partial charge in [0.15, 0.2) is 0 Å². The first-order chi connectivity index (χ1) is 6.57. The Morgan fingerprint density at radius 2 is 1.71 bits per heavy atom. The van der Waals surface area contributed by atoms with Crippen molar-refractivity contribution in [1.82, 2.24) is 9.80 Å². The molecule has 0 amide bonds. The van der Waals surface area contributed by atoms with E-state index >= 15 is 0 Å². The Labute approximate surface area is 88.3 Å². The lowest BCUT2D eigenvalue weighted by atomic mass is 9.91. The van der Waals surface area contributed by atoms with Crippen molar-refractivity contribution < 1.29 is 0 Å². The molecular weight excluding hydrogens is 172 g/mol. The first-order valence-corrected chi connectivity index (χ1v) is 5.99. The van der Waals surface area contributed by atoms with Crippen LogP contribution in [-0.4, -0.2) is 49.1 Å². The van der Waals surface area contributed by atoms with E-state index in [1.807, 2.05) is 0 Å². The molecule has 2 aliphatic rings. The summed E-state index contributed by atoms with van der Waals surface area (Å²) in [6.45, 7) is 9.94. The highest BCUT2D eigenvalue weighted by molar-refractivity contribution is 4.89. The second-order valence-corrected chi connectivity index (χ2v) is 5.90. The van der Waals surface area contributed by atoms with Gasteiger partial charge in [0.2, 0.25) is 0 Å². The number of piperazine rings is 1. The van der Waals surface area contributed by atoms with Gasteiger partial charge in [-0.15, -0.1) is 0 Å². The molecule has 1 saturated carbocycles. The van der Waals surface area contributed by atoms with Gasteiger partial charge in [0.1, 0.15) is 0 Å². The van der Waals surface area contributed by atoms with Crippen molar-refractivity contribution in [1.29, 1.82) is 0 Å². The fourth-order valence-electron chi connectivity index (χ4n) is 2.90. The van der Waals surface area contributed by atoms with Crippen LogP contribution in [0.5, 0.6) is 0 Å². The van der Waals surface area contributed by atoms with E-state index in [-0.39, 0.29) is 0 Å². The molecule has 1 aliphatic carbocycles. The fourth-order valence-corrected chi connectivity index (χ4v) is 2.90. The molecule has 0 bridgehead atoms. The smallest absolute Gasteiger partial charge is 0.0113 e. The predicted octanol–water partition coefficient (Wildman–Crippen LogP) is 1.81. The Morgan fingerprint density at radius 1 is 1.07 bits per heavy atom. The zero-order valence-electron chi connectivity index (χ0n) is 9.92. The molecule has 1 aliphatic heterocycles. The highest BCUT2D eigenvalue weighted by Gasteiger charge is 2.34. The molecule has 2 heteroatoms. The fraction of sp³-hybridized carbons (Fsp3) is 1.00. The highest BCUT2D eigenvalue weighted by atomic mass is 15.3. The normalized spacial score (nSPS) is 34.9. The molecule has 82 valence electrons. The van der Waals surface area contributed by atoms with Crippen LogP contribution in [0.15, 0.2) is 0 Å². The summed E-state index contributed by atoms with van der Waals surface area (Å²) in [7, 11) is 2.23. The third-order valence-electron chi connectivity index (χ3n) is 4.00. The highest BCUT2D eigenvalue weighted by Crippen LogP contribution is 2.39. The second kappa shape index (κ2) is 3.82. The minimum atomic E-state index is 0.605. The van der Waals surface area contributed by atoms with Crippen molar-refractivity contribution in [2.75, 3.05) is 33.2 Å². The predicted molar refractivity (Wildman–Crippen MR) is 60.5 cm³/mol. The summed E-state index contributed by atoms with van der Waals surface area (Å²) in [5, 5.41) is 0. The van der Waals surface area contributed by atoms with Crippen LogP contribution >= 0.6 is 0 Å². The van der Waals surface area contributed by atoms with Crippen LogP contribution in [0.1, 0.15) is 33.1 Å². The Balaban J connectivity index is 1.85. The first-order valence-electron chi connectivity index (χ1n) is 5.99. The first kappa shape index (κ1) is 10.4. The summed E-state index contributed by atoms with van der Waals surface area (Å²) in [4.78, 5) is 5.16. The monoisotopic (exact) mass is 196 g/mol. The third kappa shape index (κ3) is 2.29. The lowest BCUT2D eigenvalue weighted by Gasteiger charge is -2.36. The van der Waals surface area contributed by atoms with Crippen molar-refractivity contribution in [3.8, 4) is 0 Å². The van der Waals surface area contributed by atoms with Crippen LogP contribution in [0.4, 0.5) is 0 Å². The van der Waals surface area contributed by atoms with Gasteiger partial charge in [0, 0.05) is 32.2 Å². The molecule has 0 radical (unpaired) electrons. The maximum atomic E-state index is 2.72. The van der Waals surface area contributed by atoms with Gasteiger partial charge in [-0.3, -0.25) is 4.90 Å². The number of likely N-dealkylation sites (N-methyl/N-ethyl adjacent to an activating group) is 1. The summed E-state index contributed by atoms with van der Waals surface area (Å²) >= 11 is 0. The number of hydrogen-bond donors (Lipinski definition) is 0. The van der Waals surface area contributed by atoms with Gasteiger partial charge in [0.05, 0.1) is 0 Å². The van der Waals surface area contributed by atoms with Gasteiger partial charge >= 0.3 is 0 Å². The van der Waals surface area contributed by atoms with E-state index in [1.54, 1.807) is 0 Å². The number of rotatable bonds is 1. The molecule has 14 heavy (non-hydrogen) atoms. The van der Waals surface area contributed by atoms with E-state index in [9.17, 15) is 0 Å². The van der Waals surface area contributed by atoms with Crippen molar-refractivity contribution in [2.24, 2.45) is 5.41 Å². The van der Waals surface area contributed by atoms with E-state index in [0.717, 1.165) is 6.04 Å². The average molecular weight is 196 g/mol.